The van der Waals surface area contributed by atoms with E-state index in [0.717, 1.165) is 17.5 Å². The minimum absolute atomic E-state index is 0.0118. The maximum Gasteiger partial charge on any atom is 0.410 e. The second-order valence-electron chi connectivity index (χ2n) is 19.5. The third-order valence-corrected chi connectivity index (χ3v) is 12.2. The van der Waals surface area contributed by atoms with E-state index in [1.165, 1.54) is 23.8 Å². The highest BCUT2D eigenvalue weighted by Crippen LogP contribution is 2.38. The molecule has 6 atom stereocenters. The number of aliphatic hydroxyl groups excluding tert-OH is 1. The summed E-state index contributed by atoms with van der Waals surface area (Å²) in [6, 6.07) is 12.8. The molecule has 0 spiro atoms. The van der Waals surface area contributed by atoms with Crippen molar-refractivity contribution in [3.8, 4) is 0 Å². The number of rotatable bonds is 25. The van der Waals surface area contributed by atoms with E-state index in [0.29, 0.717) is 12.1 Å². The average Bonchev–Trinajstić information content (AvgIpc) is 3.25. The van der Waals surface area contributed by atoms with Crippen LogP contribution in [0.15, 0.2) is 66.2 Å². The van der Waals surface area contributed by atoms with E-state index in [1.807, 2.05) is 112 Å². The third-order valence-electron chi connectivity index (χ3n) is 12.2. The van der Waals surface area contributed by atoms with Crippen molar-refractivity contribution in [2.75, 3.05) is 32.5 Å². The van der Waals surface area contributed by atoms with Crippen LogP contribution < -0.4 is 27.0 Å². The van der Waals surface area contributed by atoms with Gasteiger partial charge < -0.3 is 56.8 Å². The molecule has 0 bridgehead atoms. The maximum absolute atomic E-state index is 14.7. The lowest BCUT2D eigenvalue weighted by molar-refractivity contribution is -0.142. The van der Waals surface area contributed by atoms with Crippen molar-refractivity contribution in [2.45, 2.75) is 143 Å². The Balaban J connectivity index is 2.40. The Morgan fingerprint density at radius 3 is 1.94 bits per heavy atom. The largest absolute Gasteiger partial charge is 0.480 e. The van der Waals surface area contributed by atoms with Crippen LogP contribution in [0.5, 0.6) is 0 Å². The fourth-order valence-electron chi connectivity index (χ4n) is 7.52. The molecule has 0 aliphatic carbocycles. The number of amides is 4. The number of carbonyl (C=O) groups is 6. The summed E-state index contributed by atoms with van der Waals surface area (Å²) in [5.74, 6) is -2.79. The summed E-state index contributed by atoms with van der Waals surface area (Å²) >= 11 is 0. The van der Waals surface area contributed by atoms with Crippen LogP contribution in [-0.2, 0) is 40.7 Å². The Hall–Kier alpha value is -5.36. The first kappa shape index (κ1) is 56.8. The van der Waals surface area contributed by atoms with Crippen LogP contribution in [0.1, 0.15) is 100 Å². The highest BCUT2D eigenvalue weighted by Gasteiger charge is 2.52. The van der Waals surface area contributed by atoms with Crippen molar-refractivity contribution in [3.63, 3.8) is 0 Å². The zero-order chi connectivity index (χ0) is 50.3. The summed E-state index contributed by atoms with van der Waals surface area (Å²) in [6.45, 7) is 20.4. The van der Waals surface area contributed by atoms with E-state index in [2.05, 4.69) is 21.3 Å². The molecule has 0 heterocycles. The molecule has 17 nitrogen and oxygen atoms in total. The minimum Gasteiger partial charge on any atom is -0.480 e. The van der Waals surface area contributed by atoms with Crippen molar-refractivity contribution >= 4 is 41.8 Å². The molecule has 2 aromatic rings. The summed E-state index contributed by atoms with van der Waals surface area (Å²) in [7, 11) is 3.11. The number of hydrogen-bond acceptors (Lipinski definition) is 12. The van der Waals surface area contributed by atoms with Gasteiger partial charge in [0.2, 0.25) is 17.7 Å². The Morgan fingerprint density at radius 2 is 1.44 bits per heavy atom. The number of likely N-dealkylation sites (N-methyl/N-ethyl adjacent to an activating group) is 2. The molecule has 0 aliphatic rings. The fourth-order valence-corrected chi connectivity index (χ4v) is 7.52. The smallest absolute Gasteiger partial charge is 0.410 e. The van der Waals surface area contributed by atoms with Gasteiger partial charge in [0.25, 0.3) is 0 Å². The summed E-state index contributed by atoms with van der Waals surface area (Å²) in [5, 5.41) is 40.1. The van der Waals surface area contributed by atoms with Crippen LogP contribution in [0.4, 0.5) is 10.5 Å². The molecule has 0 saturated heterocycles. The van der Waals surface area contributed by atoms with Gasteiger partial charge in [-0.05, 0) is 60.8 Å². The number of benzene rings is 2. The number of aliphatic carboxylic acids is 1. The van der Waals surface area contributed by atoms with Gasteiger partial charge in [-0.25, -0.2) is 9.59 Å². The Bertz CT molecular complexity index is 1950. The summed E-state index contributed by atoms with van der Waals surface area (Å²) in [5.41, 5.74) is 4.95. The third kappa shape index (κ3) is 15.6. The zero-order valence-corrected chi connectivity index (χ0v) is 41.2. The molecule has 0 radical (unpaired) electrons. The van der Waals surface area contributed by atoms with E-state index in [-0.39, 0.29) is 61.3 Å². The second kappa shape index (κ2) is 25.0. The number of nitrogens with one attached hydrogen (secondary N) is 4. The minimum atomic E-state index is -1.73. The average molecular weight is 924 g/mol. The molecule has 17 heteroatoms. The Morgan fingerprint density at radius 1 is 0.848 bits per heavy atom. The highest BCUT2D eigenvalue weighted by atomic mass is 16.6. The lowest BCUT2D eigenvalue weighted by Gasteiger charge is -2.49. The molecular weight excluding hydrogens is 847 g/mol. The SMILES string of the molecule is C/C(=C\[C@H](C(C)C)N(C)C(=O)[C@@H](NC[C@@](C=O)(N(C)C(=O)OCc1ccc(NC[C@H](C)NC(=O)[C@@H](N)C(C)C)cc1)C(C)(C)c1ccccc1)C(C)(C)C)C(=O)N[C@H](CCC(O)O)C(=O)O. The van der Waals surface area contributed by atoms with E-state index >= 15 is 0 Å². The maximum atomic E-state index is 14.7. The molecule has 2 aromatic carbocycles. The van der Waals surface area contributed by atoms with Gasteiger partial charge in [-0.1, -0.05) is 111 Å². The van der Waals surface area contributed by atoms with E-state index in [1.54, 1.807) is 25.3 Å². The van der Waals surface area contributed by atoms with Gasteiger partial charge >= 0.3 is 12.1 Å². The predicted molar refractivity (Wildman–Crippen MR) is 255 cm³/mol. The molecule has 0 unspecified atom stereocenters. The number of aldehydes is 1. The summed E-state index contributed by atoms with van der Waals surface area (Å²) in [6.07, 6.45) is -0.665. The molecule has 0 saturated carbocycles. The number of anilines is 1. The number of ether oxygens (including phenoxy) is 1. The number of carboxylic acid groups (broad SMARTS) is 1. The van der Waals surface area contributed by atoms with Gasteiger partial charge in [-0.2, -0.15) is 0 Å². The van der Waals surface area contributed by atoms with Crippen molar-refractivity contribution < 1.29 is 48.8 Å². The molecule has 4 amide bonds. The van der Waals surface area contributed by atoms with Gasteiger partial charge in [0.05, 0.1) is 18.1 Å². The number of nitrogens with zero attached hydrogens (tertiary/aromatic N) is 2. The van der Waals surface area contributed by atoms with Crippen LogP contribution in [0.3, 0.4) is 0 Å². The number of aliphatic hydroxyl groups is 2. The topological polar surface area (TPSA) is 253 Å². The van der Waals surface area contributed by atoms with Gasteiger partial charge in [0.1, 0.15) is 24.5 Å². The molecule has 66 heavy (non-hydrogen) atoms. The standard InChI is InChI=1S/C49H77N7O10/c1-30(2)38(25-32(5)42(60)54-37(45(63)64)23-24-39(58)59)55(12)44(62)41(47(7,8)9)52-28-49(29-57,48(10,11)35-17-15-14-16-18-35)56(13)46(65)66-27-34-19-21-36(22-20-34)51-26-33(6)53-43(61)40(50)31(3)4/h14-22,25,29-31,33,37-41,51-52,58-59H,23-24,26-28,50H2,1-13H3,(H,53,61)(H,54,60)(H,63,64)/b32-25+/t33-,37+,38+,40-,41+,49-/m0/s1. The van der Waals surface area contributed by atoms with E-state index in [9.17, 15) is 44.1 Å². The van der Waals surface area contributed by atoms with Gasteiger partial charge in [-0.15, -0.1) is 0 Å². The van der Waals surface area contributed by atoms with Crippen molar-refractivity contribution in [1.29, 1.82) is 0 Å². The fraction of sp³-hybridized carbons (Fsp3) is 0.592. The quantitative estimate of drug-likeness (QED) is 0.0396. The first-order chi connectivity index (χ1) is 30.6. The first-order valence-corrected chi connectivity index (χ1v) is 22.5. The van der Waals surface area contributed by atoms with Crippen LogP contribution in [-0.4, -0.2) is 130 Å². The molecule has 0 fully saturated rings. The van der Waals surface area contributed by atoms with Crippen LogP contribution in [0.25, 0.3) is 0 Å². The summed E-state index contributed by atoms with van der Waals surface area (Å²) < 4.78 is 5.84. The predicted octanol–water partition coefficient (Wildman–Crippen LogP) is 4.16. The first-order valence-electron chi connectivity index (χ1n) is 22.5. The Kier molecular flexibility index (Phi) is 21.5. The molecule has 0 aliphatic heterocycles. The van der Waals surface area contributed by atoms with Crippen molar-refractivity contribution in [2.24, 2.45) is 23.0 Å². The Labute approximate surface area is 391 Å². The highest BCUT2D eigenvalue weighted by molar-refractivity contribution is 5.95. The number of carbonyl (C=O) groups excluding carboxylic acids is 5. The number of nitrogens with two attached hydrogens (primary N) is 1. The lowest BCUT2D eigenvalue weighted by Crippen LogP contribution is -2.68. The van der Waals surface area contributed by atoms with E-state index in [4.69, 9.17) is 10.5 Å². The van der Waals surface area contributed by atoms with Gasteiger partial charge in [-0.3, -0.25) is 19.3 Å². The monoisotopic (exact) mass is 924 g/mol. The molecule has 0 aromatic heterocycles. The van der Waals surface area contributed by atoms with Crippen molar-refractivity contribution in [1.82, 2.24) is 25.8 Å². The molecule has 368 valence electrons. The van der Waals surface area contributed by atoms with Crippen LogP contribution >= 0.6 is 0 Å². The van der Waals surface area contributed by atoms with Gasteiger partial charge in [0.15, 0.2) is 6.29 Å². The van der Waals surface area contributed by atoms with Crippen molar-refractivity contribution in [3.05, 3.63) is 77.4 Å². The number of hydrogen-bond donors (Lipinski definition) is 8. The van der Waals surface area contributed by atoms with Crippen LogP contribution in [0, 0.1) is 17.3 Å². The van der Waals surface area contributed by atoms with Gasteiger partial charge in [0, 0.05) is 56.3 Å². The zero-order valence-electron chi connectivity index (χ0n) is 41.2. The molecular formula is C49H77N7O10. The summed E-state index contributed by atoms with van der Waals surface area (Å²) in [4.78, 5) is 82.6. The molecule has 2 rings (SSSR count). The lowest BCUT2D eigenvalue weighted by atomic mass is 9.67. The molecule has 9 N–H and O–H groups in total. The second-order valence-corrected chi connectivity index (χ2v) is 19.5. The van der Waals surface area contributed by atoms with E-state index < -0.39 is 64.8 Å². The van der Waals surface area contributed by atoms with Crippen LogP contribution in [0.2, 0.25) is 0 Å². The normalized spacial score (nSPS) is 15.5. The number of carboxylic acids is 1.